The molecule has 6 rings (SSSR count). The van der Waals surface area contributed by atoms with E-state index < -0.39 is 11.9 Å². The molecule has 42 heavy (non-hydrogen) atoms. The van der Waals surface area contributed by atoms with Gasteiger partial charge in [-0.2, -0.15) is 0 Å². The molecule has 0 N–H and O–H groups in total. The predicted octanol–water partition coefficient (Wildman–Crippen LogP) is 6.91. The van der Waals surface area contributed by atoms with Gasteiger partial charge < -0.3 is 9.64 Å². The van der Waals surface area contributed by atoms with Crippen LogP contribution in [-0.4, -0.2) is 40.8 Å². The third kappa shape index (κ3) is 5.26. The maximum absolute atomic E-state index is 13.8. The Morgan fingerprint density at radius 2 is 1.76 bits per heavy atom. The van der Waals surface area contributed by atoms with Crippen LogP contribution in [0, 0.1) is 6.92 Å². The summed E-state index contributed by atoms with van der Waals surface area (Å²) >= 11 is 8.02. The van der Waals surface area contributed by atoms with E-state index in [1.54, 1.807) is 73.0 Å². The van der Waals surface area contributed by atoms with Gasteiger partial charge in [0, 0.05) is 22.7 Å². The van der Waals surface area contributed by atoms with E-state index in [9.17, 15) is 14.4 Å². The Bertz CT molecular complexity index is 1820. The fourth-order valence-corrected chi connectivity index (χ4v) is 6.34. The number of imide groups is 1. The van der Waals surface area contributed by atoms with Crippen molar-refractivity contribution in [2.75, 3.05) is 12.0 Å². The Kier molecular flexibility index (Phi) is 7.49. The summed E-state index contributed by atoms with van der Waals surface area (Å²) in [7, 11) is 1.55. The number of amides is 3. The molecule has 0 bridgehead atoms. The van der Waals surface area contributed by atoms with Gasteiger partial charge in [0.1, 0.15) is 16.8 Å². The lowest BCUT2D eigenvalue weighted by Gasteiger charge is -2.28. The summed E-state index contributed by atoms with van der Waals surface area (Å²) in [5, 5.41) is 1.33. The predicted molar refractivity (Wildman–Crippen MR) is 165 cm³/mol. The molecule has 5 aromatic rings. The summed E-state index contributed by atoms with van der Waals surface area (Å²) in [6.45, 7) is 2.11. The number of aryl methyl sites for hydroxylation is 1. The third-order valence-electron chi connectivity index (χ3n) is 7.31. The van der Waals surface area contributed by atoms with E-state index in [2.05, 4.69) is 6.07 Å². The lowest BCUT2D eigenvalue weighted by Crippen LogP contribution is -2.45. The quantitative estimate of drug-likeness (QED) is 0.191. The smallest absolute Gasteiger partial charge is 0.257 e. The second-order valence-corrected chi connectivity index (χ2v) is 11.5. The lowest BCUT2D eigenvalue weighted by molar-refractivity contribution is -0.122. The van der Waals surface area contributed by atoms with E-state index in [4.69, 9.17) is 21.3 Å². The molecule has 7 nitrogen and oxygen atoms in total. The maximum Gasteiger partial charge on any atom is 0.257 e. The highest BCUT2D eigenvalue weighted by molar-refractivity contribution is 7.21. The molecule has 1 aromatic heterocycles. The molecular weight excluding hydrogens is 570 g/mol. The third-order valence-corrected chi connectivity index (χ3v) is 8.75. The standard InChI is InChI=1S/C33H26ClN3O4S/c1-20-7-16-27-29(17-20)42-31(35-27)21-8-12-24(13-9-21)37-30(38)18-28(33(37)40)36(19-23-5-3-4-6-26(23)34)32(39)22-10-14-25(41-2)15-11-22/h3-17,28H,18-19H2,1-2H3. The van der Waals surface area contributed by atoms with Crippen LogP contribution in [-0.2, 0) is 16.1 Å². The largest absolute Gasteiger partial charge is 0.497 e. The van der Waals surface area contributed by atoms with Gasteiger partial charge in [0.25, 0.3) is 11.8 Å². The number of ether oxygens (including phenoxy) is 1. The van der Waals surface area contributed by atoms with Crippen LogP contribution in [0.2, 0.25) is 5.02 Å². The fourth-order valence-electron chi connectivity index (χ4n) is 5.07. The maximum atomic E-state index is 13.8. The van der Waals surface area contributed by atoms with Gasteiger partial charge in [0.05, 0.1) is 29.4 Å². The van der Waals surface area contributed by atoms with Crippen LogP contribution in [0.5, 0.6) is 5.75 Å². The van der Waals surface area contributed by atoms with Crippen LogP contribution < -0.4 is 9.64 Å². The number of benzene rings is 4. The van der Waals surface area contributed by atoms with Crippen LogP contribution >= 0.6 is 22.9 Å². The number of hydrogen-bond donors (Lipinski definition) is 0. The van der Waals surface area contributed by atoms with E-state index >= 15 is 0 Å². The minimum Gasteiger partial charge on any atom is -0.497 e. The Morgan fingerprint density at radius 3 is 2.48 bits per heavy atom. The second-order valence-electron chi connectivity index (χ2n) is 10.1. The molecule has 0 aliphatic carbocycles. The molecule has 1 saturated heterocycles. The molecule has 1 unspecified atom stereocenters. The highest BCUT2D eigenvalue weighted by Gasteiger charge is 2.44. The number of nitrogens with zero attached hydrogens (tertiary/aromatic N) is 3. The van der Waals surface area contributed by atoms with Crippen molar-refractivity contribution in [3.05, 3.63) is 113 Å². The monoisotopic (exact) mass is 595 g/mol. The highest BCUT2D eigenvalue weighted by Crippen LogP contribution is 2.34. The van der Waals surface area contributed by atoms with Crippen molar-refractivity contribution in [3.63, 3.8) is 0 Å². The molecule has 1 atom stereocenters. The molecule has 0 saturated carbocycles. The van der Waals surface area contributed by atoms with Gasteiger partial charge in [-0.05, 0) is 84.8 Å². The van der Waals surface area contributed by atoms with Crippen molar-refractivity contribution in [2.24, 2.45) is 0 Å². The lowest BCUT2D eigenvalue weighted by atomic mass is 10.1. The molecule has 1 aliphatic heterocycles. The Morgan fingerprint density at radius 1 is 1.02 bits per heavy atom. The van der Waals surface area contributed by atoms with Crippen LogP contribution in [0.4, 0.5) is 5.69 Å². The zero-order chi connectivity index (χ0) is 29.4. The first kappa shape index (κ1) is 27.6. The van der Waals surface area contributed by atoms with E-state index in [1.165, 1.54) is 10.5 Å². The van der Waals surface area contributed by atoms with Crippen molar-refractivity contribution in [3.8, 4) is 16.3 Å². The molecule has 3 amide bonds. The van der Waals surface area contributed by atoms with Gasteiger partial charge in [0.15, 0.2) is 0 Å². The summed E-state index contributed by atoms with van der Waals surface area (Å²) < 4.78 is 6.32. The van der Waals surface area contributed by atoms with Crippen LogP contribution in [0.3, 0.4) is 0 Å². The normalized spacial score (nSPS) is 14.9. The summed E-state index contributed by atoms with van der Waals surface area (Å²) in [6.07, 6.45) is -0.135. The van der Waals surface area contributed by atoms with E-state index in [1.807, 2.05) is 37.3 Å². The molecule has 1 aliphatic rings. The number of methoxy groups -OCH3 is 1. The SMILES string of the molecule is COc1ccc(C(=O)N(Cc2ccccc2Cl)C2CC(=O)N(c3ccc(-c4nc5ccc(C)cc5s4)cc3)C2=O)cc1. The van der Waals surface area contributed by atoms with Crippen molar-refractivity contribution >= 4 is 56.6 Å². The Balaban J connectivity index is 1.29. The molecule has 9 heteroatoms. The molecule has 1 fully saturated rings. The van der Waals surface area contributed by atoms with Crippen molar-refractivity contribution in [2.45, 2.75) is 25.9 Å². The number of carbonyl (C=O) groups excluding carboxylic acids is 3. The van der Waals surface area contributed by atoms with Gasteiger partial charge >= 0.3 is 0 Å². The number of fused-ring (bicyclic) bond motifs is 1. The Labute approximate surface area is 251 Å². The van der Waals surface area contributed by atoms with Gasteiger partial charge in [-0.3, -0.25) is 14.4 Å². The number of rotatable bonds is 7. The number of carbonyl (C=O) groups is 3. The molecule has 4 aromatic carbocycles. The number of hydrogen-bond acceptors (Lipinski definition) is 6. The van der Waals surface area contributed by atoms with Crippen molar-refractivity contribution in [1.82, 2.24) is 9.88 Å². The molecule has 210 valence electrons. The minimum absolute atomic E-state index is 0.0675. The molecule has 0 spiro atoms. The summed E-state index contributed by atoms with van der Waals surface area (Å²) in [6, 6.07) is 26.2. The van der Waals surface area contributed by atoms with Gasteiger partial charge in [-0.1, -0.05) is 35.9 Å². The van der Waals surface area contributed by atoms with E-state index in [0.717, 1.165) is 25.7 Å². The minimum atomic E-state index is -0.990. The first-order chi connectivity index (χ1) is 20.3. The first-order valence-electron chi connectivity index (χ1n) is 13.4. The van der Waals surface area contributed by atoms with Crippen LogP contribution in [0.15, 0.2) is 91.0 Å². The van der Waals surface area contributed by atoms with Gasteiger partial charge in [-0.25, -0.2) is 9.88 Å². The summed E-state index contributed by atoms with van der Waals surface area (Å²) in [4.78, 5) is 48.2. The highest BCUT2D eigenvalue weighted by atomic mass is 35.5. The zero-order valence-corrected chi connectivity index (χ0v) is 24.5. The molecule has 0 radical (unpaired) electrons. The number of anilines is 1. The average Bonchev–Trinajstić information content (AvgIpc) is 3.56. The van der Waals surface area contributed by atoms with Crippen LogP contribution in [0.25, 0.3) is 20.8 Å². The van der Waals surface area contributed by atoms with E-state index in [-0.39, 0.29) is 24.8 Å². The summed E-state index contributed by atoms with van der Waals surface area (Å²) in [5.41, 5.74) is 4.48. The average molecular weight is 596 g/mol. The molecule has 2 heterocycles. The second kappa shape index (κ2) is 11.4. The number of halogens is 1. The van der Waals surface area contributed by atoms with Gasteiger partial charge in [-0.15, -0.1) is 11.3 Å². The summed E-state index contributed by atoms with van der Waals surface area (Å²) in [5.74, 6) is -0.615. The van der Waals surface area contributed by atoms with E-state index in [0.29, 0.717) is 27.6 Å². The number of thiazole rings is 1. The van der Waals surface area contributed by atoms with Crippen molar-refractivity contribution in [1.29, 1.82) is 0 Å². The number of aromatic nitrogens is 1. The topological polar surface area (TPSA) is 79.8 Å². The first-order valence-corrected chi connectivity index (χ1v) is 14.5. The zero-order valence-electron chi connectivity index (χ0n) is 22.9. The van der Waals surface area contributed by atoms with Gasteiger partial charge in [0.2, 0.25) is 5.91 Å². The Hall–Kier alpha value is -4.53. The van der Waals surface area contributed by atoms with Crippen LogP contribution in [0.1, 0.15) is 27.9 Å². The van der Waals surface area contributed by atoms with Crippen molar-refractivity contribution < 1.29 is 19.1 Å². The molecular formula is C33H26ClN3O4S. The fraction of sp³-hybridized carbons (Fsp3) is 0.152.